The monoisotopic (exact) mass is 379 g/mol. The van der Waals surface area contributed by atoms with Gasteiger partial charge < -0.3 is 14.5 Å². The predicted molar refractivity (Wildman–Crippen MR) is 104 cm³/mol. The van der Waals surface area contributed by atoms with Gasteiger partial charge in [0, 0.05) is 18.4 Å². The third kappa shape index (κ3) is 4.62. The summed E-state index contributed by atoms with van der Waals surface area (Å²) in [6.07, 6.45) is 0.443. The molecule has 0 spiro atoms. The first-order valence-electron chi connectivity index (χ1n) is 9.03. The number of esters is 1. The Morgan fingerprint density at radius 2 is 1.82 bits per heavy atom. The summed E-state index contributed by atoms with van der Waals surface area (Å²) in [5, 5.41) is 10.8. The number of rotatable bonds is 7. The van der Waals surface area contributed by atoms with E-state index in [0.717, 1.165) is 11.1 Å². The maximum atomic E-state index is 12.3. The van der Waals surface area contributed by atoms with Gasteiger partial charge in [0.25, 0.3) is 0 Å². The Morgan fingerprint density at radius 3 is 2.61 bits per heavy atom. The number of amides is 1. The Kier molecular flexibility index (Phi) is 6.16. The number of aryl methyl sites for hydroxylation is 2. The summed E-state index contributed by atoms with van der Waals surface area (Å²) in [4.78, 5) is 24.3. The van der Waals surface area contributed by atoms with Crippen molar-refractivity contribution in [1.29, 1.82) is 0 Å². The van der Waals surface area contributed by atoms with E-state index in [1.54, 1.807) is 31.2 Å². The van der Waals surface area contributed by atoms with Gasteiger partial charge in [0.05, 0.1) is 17.9 Å². The quantitative estimate of drug-likeness (QED) is 0.628. The molecule has 7 heteroatoms. The maximum Gasteiger partial charge on any atom is 0.340 e. The summed E-state index contributed by atoms with van der Waals surface area (Å²) < 4.78 is 10.7. The summed E-state index contributed by atoms with van der Waals surface area (Å²) in [5.41, 5.74) is 2.63. The minimum Gasteiger partial charge on any atom is -0.462 e. The highest BCUT2D eigenvalue weighted by molar-refractivity contribution is 6.01. The number of aromatic nitrogens is 2. The first-order chi connectivity index (χ1) is 13.6. The van der Waals surface area contributed by atoms with Gasteiger partial charge in [0.15, 0.2) is 0 Å². The van der Waals surface area contributed by atoms with Crippen molar-refractivity contribution in [2.75, 3.05) is 11.9 Å². The van der Waals surface area contributed by atoms with E-state index in [9.17, 15) is 9.59 Å². The lowest BCUT2D eigenvalue weighted by Gasteiger charge is -2.09. The molecular formula is C21H21N3O4. The van der Waals surface area contributed by atoms with E-state index in [1.807, 2.05) is 31.2 Å². The first kappa shape index (κ1) is 19.3. The van der Waals surface area contributed by atoms with Crippen LogP contribution >= 0.6 is 0 Å². The second-order valence-corrected chi connectivity index (χ2v) is 6.13. The Bertz CT molecular complexity index is 981. The van der Waals surface area contributed by atoms with Crippen LogP contribution in [0.15, 0.2) is 52.9 Å². The molecule has 1 heterocycles. The smallest absolute Gasteiger partial charge is 0.340 e. The van der Waals surface area contributed by atoms with Crippen LogP contribution in [0.4, 0.5) is 5.69 Å². The lowest BCUT2D eigenvalue weighted by molar-refractivity contribution is -0.116. The molecule has 0 aliphatic rings. The second-order valence-electron chi connectivity index (χ2n) is 6.13. The molecule has 28 heavy (non-hydrogen) atoms. The van der Waals surface area contributed by atoms with Crippen molar-refractivity contribution in [3.8, 4) is 11.5 Å². The number of hydrogen-bond acceptors (Lipinski definition) is 6. The Morgan fingerprint density at radius 1 is 1.07 bits per heavy atom. The summed E-state index contributed by atoms with van der Waals surface area (Å²) in [6, 6.07) is 14.4. The van der Waals surface area contributed by atoms with Crippen molar-refractivity contribution in [1.82, 2.24) is 10.2 Å². The highest BCUT2D eigenvalue weighted by atomic mass is 16.5. The molecule has 0 unspecified atom stereocenters. The predicted octanol–water partition coefficient (Wildman–Crippen LogP) is 3.79. The number of benzene rings is 2. The first-order valence-corrected chi connectivity index (χ1v) is 9.03. The standard InChI is InChI=1S/C21H21N3O4/c1-3-27-21(26)16-10-6-7-11-17(16)22-18(25)12-13-19-23-24-20(28-19)15-9-5-4-8-14(15)2/h4-11H,3,12-13H2,1-2H3,(H,22,25). The van der Waals surface area contributed by atoms with Crippen LogP contribution < -0.4 is 5.32 Å². The topological polar surface area (TPSA) is 94.3 Å². The highest BCUT2D eigenvalue weighted by Crippen LogP contribution is 2.22. The van der Waals surface area contributed by atoms with Crippen molar-refractivity contribution in [3.05, 3.63) is 65.5 Å². The maximum absolute atomic E-state index is 12.3. The van der Waals surface area contributed by atoms with E-state index in [4.69, 9.17) is 9.15 Å². The lowest BCUT2D eigenvalue weighted by atomic mass is 10.1. The Hall–Kier alpha value is -3.48. The molecule has 0 atom stereocenters. The molecule has 0 bridgehead atoms. The average molecular weight is 379 g/mol. The molecule has 0 radical (unpaired) electrons. The third-order valence-electron chi connectivity index (χ3n) is 4.10. The number of nitrogens with one attached hydrogen (secondary N) is 1. The minimum atomic E-state index is -0.474. The van der Waals surface area contributed by atoms with Crippen molar-refractivity contribution in [3.63, 3.8) is 0 Å². The van der Waals surface area contributed by atoms with E-state index in [2.05, 4.69) is 15.5 Å². The number of carbonyl (C=O) groups is 2. The molecule has 2 aromatic carbocycles. The number of ether oxygens (including phenoxy) is 1. The number of para-hydroxylation sites is 1. The van der Waals surface area contributed by atoms with Gasteiger partial charge in [0.1, 0.15) is 0 Å². The zero-order valence-corrected chi connectivity index (χ0v) is 15.8. The molecule has 3 aromatic rings. The van der Waals surface area contributed by atoms with E-state index in [-0.39, 0.29) is 18.9 Å². The molecule has 1 N–H and O–H groups in total. The van der Waals surface area contributed by atoms with E-state index in [1.165, 1.54) is 0 Å². The van der Waals surface area contributed by atoms with Gasteiger partial charge in [-0.05, 0) is 37.6 Å². The lowest BCUT2D eigenvalue weighted by Crippen LogP contribution is -2.16. The average Bonchev–Trinajstić information content (AvgIpc) is 3.16. The molecular weight excluding hydrogens is 358 g/mol. The molecule has 3 rings (SSSR count). The van der Waals surface area contributed by atoms with Gasteiger partial charge in [-0.1, -0.05) is 30.3 Å². The van der Waals surface area contributed by atoms with Crippen molar-refractivity contribution in [2.24, 2.45) is 0 Å². The van der Waals surface area contributed by atoms with E-state index in [0.29, 0.717) is 29.5 Å². The van der Waals surface area contributed by atoms with Crippen LogP contribution in [-0.4, -0.2) is 28.7 Å². The summed E-state index contributed by atoms with van der Waals surface area (Å²) >= 11 is 0. The SMILES string of the molecule is CCOC(=O)c1ccccc1NC(=O)CCc1nnc(-c2ccccc2C)o1. The van der Waals surface area contributed by atoms with E-state index >= 15 is 0 Å². The van der Waals surface area contributed by atoms with Gasteiger partial charge in [-0.2, -0.15) is 0 Å². The van der Waals surface area contributed by atoms with Crippen LogP contribution in [0.5, 0.6) is 0 Å². The van der Waals surface area contributed by atoms with Crippen molar-refractivity contribution < 1.29 is 18.7 Å². The summed E-state index contributed by atoms with van der Waals surface area (Å²) in [5.74, 6) is 0.0822. The van der Waals surface area contributed by atoms with Gasteiger partial charge in [-0.3, -0.25) is 4.79 Å². The summed E-state index contributed by atoms with van der Waals surface area (Å²) in [7, 11) is 0. The largest absolute Gasteiger partial charge is 0.462 e. The van der Waals surface area contributed by atoms with Crippen LogP contribution in [0.2, 0.25) is 0 Å². The molecule has 0 fully saturated rings. The zero-order valence-electron chi connectivity index (χ0n) is 15.8. The number of nitrogens with zero attached hydrogens (tertiary/aromatic N) is 2. The fraction of sp³-hybridized carbons (Fsp3) is 0.238. The molecule has 1 amide bonds. The number of carbonyl (C=O) groups excluding carboxylic acids is 2. The second kappa shape index (κ2) is 8.94. The molecule has 0 aliphatic carbocycles. The highest BCUT2D eigenvalue weighted by Gasteiger charge is 2.15. The van der Waals surface area contributed by atoms with Crippen LogP contribution in [0.1, 0.15) is 35.2 Å². The molecule has 0 aliphatic heterocycles. The number of hydrogen-bond donors (Lipinski definition) is 1. The Labute approximate surface area is 162 Å². The fourth-order valence-corrected chi connectivity index (χ4v) is 2.69. The van der Waals surface area contributed by atoms with Gasteiger partial charge in [-0.15, -0.1) is 10.2 Å². The molecule has 144 valence electrons. The van der Waals surface area contributed by atoms with Crippen LogP contribution in [0, 0.1) is 6.92 Å². The normalized spacial score (nSPS) is 10.5. The van der Waals surface area contributed by atoms with Crippen molar-refractivity contribution in [2.45, 2.75) is 26.7 Å². The fourth-order valence-electron chi connectivity index (χ4n) is 2.69. The summed E-state index contributed by atoms with van der Waals surface area (Å²) in [6.45, 7) is 3.96. The number of anilines is 1. The molecule has 7 nitrogen and oxygen atoms in total. The van der Waals surface area contributed by atoms with Gasteiger partial charge in [0.2, 0.25) is 17.7 Å². The molecule has 0 saturated carbocycles. The van der Waals surface area contributed by atoms with Crippen LogP contribution in [0.3, 0.4) is 0 Å². The minimum absolute atomic E-state index is 0.145. The van der Waals surface area contributed by atoms with Crippen LogP contribution in [-0.2, 0) is 16.0 Å². The molecule has 0 saturated heterocycles. The van der Waals surface area contributed by atoms with E-state index < -0.39 is 5.97 Å². The van der Waals surface area contributed by atoms with Crippen molar-refractivity contribution >= 4 is 17.6 Å². The third-order valence-corrected chi connectivity index (χ3v) is 4.10. The van der Waals surface area contributed by atoms with Gasteiger partial charge in [-0.25, -0.2) is 4.79 Å². The van der Waals surface area contributed by atoms with Gasteiger partial charge >= 0.3 is 5.97 Å². The Balaban J connectivity index is 1.62. The molecule has 1 aromatic heterocycles. The van der Waals surface area contributed by atoms with Crippen LogP contribution in [0.25, 0.3) is 11.5 Å². The zero-order chi connectivity index (χ0) is 19.9.